The molecule has 1 heterocycles. The Morgan fingerprint density at radius 1 is 0.938 bits per heavy atom. The van der Waals surface area contributed by atoms with Gasteiger partial charge in [0.15, 0.2) is 6.61 Å². The second kappa shape index (κ2) is 9.60. The first-order valence-electron chi connectivity index (χ1n) is 10.6. The highest BCUT2D eigenvalue weighted by molar-refractivity contribution is 6.06. The summed E-state index contributed by atoms with van der Waals surface area (Å²) in [5.74, 6) is -1.65. The maximum atomic E-state index is 13.1. The minimum atomic E-state index is -0.566. The Kier molecular flexibility index (Phi) is 6.44. The zero-order chi connectivity index (χ0) is 22.5. The SMILES string of the molecule is COC(=O)c1ccccc1NC(=O)COC(=O)c1c2c(nc3ccccc13)CCCCC2. The van der Waals surface area contributed by atoms with Crippen LogP contribution < -0.4 is 5.32 Å². The van der Waals surface area contributed by atoms with Crippen LogP contribution in [0.3, 0.4) is 0 Å². The highest BCUT2D eigenvalue weighted by atomic mass is 16.5. The van der Waals surface area contributed by atoms with Gasteiger partial charge in [-0.25, -0.2) is 9.59 Å². The Morgan fingerprint density at radius 2 is 1.69 bits per heavy atom. The number of ether oxygens (including phenoxy) is 2. The van der Waals surface area contributed by atoms with Crippen LogP contribution >= 0.6 is 0 Å². The van der Waals surface area contributed by atoms with Crippen molar-refractivity contribution in [3.8, 4) is 0 Å². The van der Waals surface area contributed by atoms with E-state index in [-0.39, 0.29) is 5.56 Å². The number of carbonyl (C=O) groups excluding carboxylic acids is 3. The van der Waals surface area contributed by atoms with Crippen molar-refractivity contribution in [3.63, 3.8) is 0 Å². The van der Waals surface area contributed by atoms with Gasteiger partial charge in [0.25, 0.3) is 5.91 Å². The monoisotopic (exact) mass is 432 g/mol. The predicted octanol–water partition coefficient (Wildman–Crippen LogP) is 4.09. The van der Waals surface area contributed by atoms with Crippen LogP contribution in [0.15, 0.2) is 48.5 Å². The Labute approximate surface area is 185 Å². The van der Waals surface area contributed by atoms with Crippen LogP contribution in [0.5, 0.6) is 0 Å². The fraction of sp³-hybridized carbons (Fsp3) is 0.280. The topological polar surface area (TPSA) is 94.6 Å². The van der Waals surface area contributed by atoms with Gasteiger partial charge in [-0.15, -0.1) is 0 Å². The summed E-state index contributed by atoms with van der Waals surface area (Å²) >= 11 is 0. The van der Waals surface area contributed by atoms with E-state index >= 15 is 0 Å². The maximum Gasteiger partial charge on any atom is 0.339 e. The molecule has 0 spiro atoms. The molecule has 1 aromatic heterocycles. The molecule has 1 aliphatic carbocycles. The Bertz CT molecular complexity index is 1190. The minimum absolute atomic E-state index is 0.222. The van der Waals surface area contributed by atoms with Gasteiger partial charge in [-0.05, 0) is 49.4 Å². The molecular weight excluding hydrogens is 408 g/mol. The third-order valence-electron chi connectivity index (χ3n) is 5.56. The molecule has 0 unspecified atom stereocenters. The first kappa shape index (κ1) is 21.5. The van der Waals surface area contributed by atoms with Crippen LogP contribution in [-0.4, -0.2) is 36.5 Å². The van der Waals surface area contributed by atoms with Gasteiger partial charge in [0.05, 0.1) is 29.4 Å². The van der Waals surface area contributed by atoms with Crippen LogP contribution in [0.4, 0.5) is 5.69 Å². The number of hydrogen-bond donors (Lipinski definition) is 1. The summed E-state index contributed by atoms with van der Waals surface area (Å²) in [5.41, 5.74) is 3.61. The molecule has 2 aromatic carbocycles. The van der Waals surface area contributed by atoms with Crippen molar-refractivity contribution in [1.82, 2.24) is 4.98 Å². The molecule has 32 heavy (non-hydrogen) atoms. The highest BCUT2D eigenvalue weighted by Gasteiger charge is 2.23. The number of amides is 1. The zero-order valence-corrected chi connectivity index (χ0v) is 17.8. The maximum absolute atomic E-state index is 13.1. The number of nitrogens with zero attached hydrogens (tertiary/aromatic N) is 1. The van der Waals surface area contributed by atoms with Gasteiger partial charge < -0.3 is 14.8 Å². The lowest BCUT2D eigenvalue weighted by Gasteiger charge is -2.15. The summed E-state index contributed by atoms with van der Waals surface area (Å²) in [6.45, 7) is -0.472. The van der Waals surface area contributed by atoms with Crippen molar-refractivity contribution in [2.45, 2.75) is 32.1 Å². The molecule has 1 N–H and O–H groups in total. The van der Waals surface area contributed by atoms with E-state index in [1.165, 1.54) is 7.11 Å². The Balaban J connectivity index is 1.55. The average molecular weight is 432 g/mol. The van der Waals surface area contributed by atoms with E-state index in [9.17, 15) is 14.4 Å². The van der Waals surface area contributed by atoms with Crippen LogP contribution in [0, 0.1) is 0 Å². The molecule has 1 amide bonds. The molecule has 0 saturated carbocycles. The smallest absolute Gasteiger partial charge is 0.339 e. The van der Waals surface area contributed by atoms with E-state index in [1.807, 2.05) is 24.3 Å². The van der Waals surface area contributed by atoms with Gasteiger partial charge in [0, 0.05) is 11.1 Å². The van der Waals surface area contributed by atoms with Gasteiger partial charge in [0.2, 0.25) is 0 Å². The Morgan fingerprint density at radius 3 is 2.53 bits per heavy atom. The molecule has 0 bridgehead atoms. The number of hydrogen-bond acceptors (Lipinski definition) is 6. The van der Waals surface area contributed by atoms with E-state index in [4.69, 9.17) is 14.5 Å². The quantitative estimate of drug-likeness (QED) is 0.482. The Hall–Kier alpha value is -3.74. The van der Waals surface area contributed by atoms with E-state index in [2.05, 4.69) is 5.32 Å². The second-order valence-corrected chi connectivity index (χ2v) is 7.65. The third kappa shape index (κ3) is 4.46. The fourth-order valence-corrected chi connectivity index (χ4v) is 4.05. The number of para-hydroxylation sites is 2. The molecule has 0 saturated heterocycles. The molecule has 0 radical (unpaired) electrons. The van der Waals surface area contributed by atoms with E-state index in [0.717, 1.165) is 54.3 Å². The number of anilines is 1. The molecule has 164 valence electrons. The van der Waals surface area contributed by atoms with E-state index in [1.54, 1.807) is 24.3 Å². The lowest BCUT2D eigenvalue weighted by molar-refractivity contribution is -0.119. The molecular formula is C25H24N2O5. The molecule has 0 atom stereocenters. The van der Waals surface area contributed by atoms with E-state index in [0.29, 0.717) is 11.3 Å². The number of nitrogens with one attached hydrogen (secondary N) is 1. The van der Waals surface area contributed by atoms with Crippen LogP contribution in [-0.2, 0) is 27.1 Å². The first-order chi connectivity index (χ1) is 15.6. The zero-order valence-electron chi connectivity index (χ0n) is 17.8. The van der Waals surface area contributed by atoms with Crippen LogP contribution in [0.1, 0.15) is 51.2 Å². The van der Waals surface area contributed by atoms with Crippen molar-refractivity contribution in [3.05, 3.63) is 70.9 Å². The summed E-state index contributed by atoms with van der Waals surface area (Å²) in [7, 11) is 1.27. The third-order valence-corrected chi connectivity index (χ3v) is 5.56. The predicted molar refractivity (Wildman–Crippen MR) is 120 cm³/mol. The first-order valence-corrected chi connectivity index (χ1v) is 10.6. The number of aryl methyl sites for hydroxylation is 1. The number of methoxy groups -OCH3 is 1. The lowest BCUT2D eigenvalue weighted by atomic mass is 9.97. The van der Waals surface area contributed by atoms with Gasteiger partial charge >= 0.3 is 11.9 Å². The molecule has 4 rings (SSSR count). The summed E-state index contributed by atoms with van der Waals surface area (Å²) in [5, 5.41) is 3.34. The second-order valence-electron chi connectivity index (χ2n) is 7.65. The van der Waals surface area contributed by atoms with Crippen LogP contribution in [0.2, 0.25) is 0 Å². The largest absolute Gasteiger partial charge is 0.465 e. The number of aromatic nitrogens is 1. The van der Waals surface area contributed by atoms with Crippen LogP contribution in [0.25, 0.3) is 10.9 Å². The van der Waals surface area contributed by atoms with Crippen molar-refractivity contribution in [1.29, 1.82) is 0 Å². The van der Waals surface area contributed by atoms with Crippen molar-refractivity contribution in [2.75, 3.05) is 19.0 Å². The molecule has 7 heteroatoms. The number of carbonyl (C=O) groups is 3. The summed E-state index contributed by atoms with van der Waals surface area (Å²) in [6, 6.07) is 14.0. The van der Waals surface area contributed by atoms with Gasteiger partial charge in [-0.2, -0.15) is 0 Å². The highest BCUT2D eigenvalue weighted by Crippen LogP contribution is 2.29. The standard InChI is InChI=1S/C25H24N2O5/c1-31-24(29)18-11-6-8-14-21(18)27-22(28)15-32-25(30)23-16-9-3-2-4-12-19(16)26-20-13-7-5-10-17(20)23/h5-8,10-11,13-14H,2-4,9,12,15H2,1H3,(H,27,28). The number of benzene rings is 2. The summed E-state index contributed by atoms with van der Waals surface area (Å²) < 4.78 is 10.1. The molecule has 0 aliphatic heterocycles. The number of rotatable bonds is 5. The van der Waals surface area contributed by atoms with Gasteiger partial charge in [0.1, 0.15) is 0 Å². The number of pyridine rings is 1. The van der Waals surface area contributed by atoms with Crippen molar-refractivity contribution >= 4 is 34.4 Å². The lowest BCUT2D eigenvalue weighted by Crippen LogP contribution is -2.23. The van der Waals surface area contributed by atoms with Gasteiger partial charge in [-0.3, -0.25) is 9.78 Å². The number of esters is 2. The number of fused-ring (bicyclic) bond motifs is 2. The minimum Gasteiger partial charge on any atom is -0.465 e. The molecule has 0 fully saturated rings. The molecule has 1 aliphatic rings. The van der Waals surface area contributed by atoms with Crippen molar-refractivity contribution < 1.29 is 23.9 Å². The van der Waals surface area contributed by atoms with Crippen molar-refractivity contribution in [2.24, 2.45) is 0 Å². The summed E-state index contributed by atoms with van der Waals surface area (Å²) in [4.78, 5) is 42.2. The molecule has 3 aromatic rings. The fourth-order valence-electron chi connectivity index (χ4n) is 4.05. The molecule has 7 nitrogen and oxygen atoms in total. The van der Waals surface area contributed by atoms with Gasteiger partial charge in [-0.1, -0.05) is 36.8 Å². The normalized spacial score (nSPS) is 13.0. The average Bonchev–Trinajstić information content (AvgIpc) is 3.06. The van der Waals surface area contributed by atoms with E-state index < -0.39 is 24.5 Å². The summed E-state index contributed by atoms with van der Waals surface area (Å²) in [6.07, 6.45) is 4.69.